The molecule has 3 aromatic rings. The molecule has 3 aromatic heterocycles. The SMILES string of the molecule is Cc1cccnc1CN(/C=C/N(Cc1ncccc1C)C(C)O)Cc1ncccc1C. The maximum atomic E-state index is 10.3. The Bertz CT molecular complexity index is 971. The predicted octanol–water partition coefficient (Wildman–Crippen LogP) is 4.11. The maximum absolute atomic E-state index is 10.3. The fourth-order valence-electron chi connectivity index (χ4n) is 3.26. The van der Waals surface area contributed by atoms with Crippen LogP contribution in [0.3, 0.4) is 0 Å². The number of nitrogens with zero attached hydrogens (tertiary/aromatic N) is 5. The van der Waals surface area contributed by atoms with Crippen molar-refractivity contribution in [3.05, 3.63) is 101 Å². The van der Waals surface area contributed by atoms with Gasteiger partial charge in [-0.2, -0.15) is 0 Å². The summed E-state index contributed by atoms with van der Waals surface area (Å²) in [6, 6.07) is 12.0. The normalized spacial score (nSPS) is 12.2. The van der Waals surface area contributed by atoms with Crippen molar-refractivity contribution in [1.82, 2.24) is 24.8 Å². The van der Waals surface area contributed by atoms with Gasteiger partial charge in [0.2, 0.25) is 0 Å². The van der Waals surface area contributed by atoms with Gasteiger partial charge in [-0.05, 0) is 62.6 Å². The average Bonchev–Trinajstić information content (AvgIpc) is 2.75. The summed E-state index contributed by atoms with van der Waals surface area (Å²) < 4.78 is 0. The molecule has 0 amide bonds. The van der Waals surface area contributed by atoms with Crippen molar-refractivity contribution < 1.29 is 5.11 Å². The number of hydrogen-bond donors (Lipinski definition) is 1. The van der Waals surface area contributed by atoms with Gasteiger partial charge in [0, 0.05) is 31.0 Å². The summed E-state index contributed by atoms with van der Waals surface area (Å²) in [6.07, 6.45) is 8.71. The third kappa shape index (κ3) is 6.36. The Hall–Kier alpha value is -3.25. The molecule has 6 heteroatoms. The van der Waals surface area contributed by atoms with E-state index in [1.54, 1.807) is 13.1 Å². The van der Waals surface area contributed by atoms with Crippen molar-refractivity contribution in [2.24, 2.45) is 0 Å². The molecule has 31 heavy (non-hydrogen) atoms. The Kier molecular flexibility index (Phi) is 7.73. The lowest BCUT2D eigenvalue weighted by Gasteiger charge is -2.27. The quantitative estimate of drug-likeness (QED) is 0.529. The first-order valence-electron chi connectivity index (χ1n) is 10.5. The van der Waals surface area contributed by atoms with Crippen LogP contribution in [0.4, 0.5) is 0 Å². The Labute approximate surface area is 184 Å². The number of aryl methyl sites for hydroxylation is 3. The van der Waals surface area contributed by atoms with Gasteiger partial charge in [-0.3, -0.25) is 15.0 Å². The second-order valence-electron chi connectivity index (χ2n) is 7.81. The van der Waals surface area contributed by atoms with Crippen LogP contribution in [0.15, 0.2) is 67.4 Å². The molecule has 0 fully saturated rings. The first-order valence-corrected chi connectivity index (χ1v) is 10.5. The summed E-state index contributed by atoms with van der Waals surface area (Å²) in [6.45, 7) is 9.76. The summed E-state index contributed by atoms with van der Waals surface area (Å²) in [7, 11) is 0. The van der Waals surface area contributed by atoms with Crippen molar-refractivity contribution in [1.29, 1.82) is 0 Å². The van der Waals surface area contributed by atoms with Crippen molar-refractivity contribution >= 4 is 0 Å². The summed E-state index contributed by atoms with van der Waals surface area (Å²) >= 11 is 0. The van der Waals surface area contributed by atoms with E-state index in [1.807, 2.05) is 60.9 Å². The Morgan fingerprint density at radius 3 is 1.55 bits per heavy atom. The topological polar surface area (TPSA) is 65.4 Å². The minimum Gasteiger partial charge on any atom is -0.374 e. The molecule has 1 unspecified atom stereocenters. The Morgan fingerprint density at radius 1 is 0.742 bits per heavy atom. The van der Waals surface area contributed by atoms with Crippen molar-refractivity contribution in [3.8, 4) is 0 Å². The van der Waals surface area contributed by atoms with Crippen LogP contribution in [0, 0.1) is 20.8 Å². The van der Waals surface area contributed by atoms with E-state index in [0.717, 1.165) is 33.8 Å². The van der Waals surface area contributed by atoms with Gasteiger partial charge in [-0.25, -0.2) is 0 Å². The molecule has 0 aliphatic rings. The van der Waals surface area contributed by atoms with Crippen molar-refractivity contribution in [2.75, 3.05) is 0 Å². The highest BCUT2D eigenvalue weighted by molar-refractivity contribution is 5.21. The molecule has 0 aromatic carbocycles. The summed E-state index contributed by atoms with van der Waals surface area (Å²) in [5, 5.41) is 10.3. The van der Waals surface area contributed by atoms with E-state index in [2.05, 4.69) is 45.8 Å². The van der Waals surface area contributed by atoms with Crippen LogP contribution in [0.2, 0.25) is 0 Å². The molecule has 1 atom stereocenters. The highest BCUT2D eigenvalue weighted by Crippen LogP contribution is 2.15. The molecule has 0 saturated carbocycles. The lowest BCUT2D eigenvalue weighted by atomic mass is 10.2. The zero-order valence-corrected chi connectivity index (χ0v) is 18.7. The lowest BCUT2D eigenvalue weighted by molar-refractivity contribution is 0.0470. The van der Waals surface area contributed by atoms with E-state index in [1.165, 1.54) is 0 Å². The molecule has 0 aliphatic carbocycles. The predicted molar refractivity (Wildman–Crippen MR) is 123 cm³/mol. The van der Waals surface area contributed by atoms with Gasteiger partial charge in [0.15, 0.2) is 0 Å². The number of hydrogen-bond acceptors (Lipinski definition) is 6. The maximum Gasteiger partial charge on any atom is 0.123 e. The van der Waals surface area contributed by atoms with Gasteiger partial charge in [0.25, 0.3) is 0 Å². The first kappa shape index (κ1) is 22.4. The number of aromatic nitrogens is 3. The van der Waals surface area contributed by atoms with Gasteiger partial charge in [-0.1, -0.05) is 18.2 Å². The monoisotopic (exact) mass is 417 g/mol. The van der Waals surface area contributed by atoms with E-state index in [9.17, 15) is 5.11 Å². The number of rotatable bonds is 9. The molecular formula is C25H31N5O. The molecule has 3 heterocycles. The van der Waals surface area contributed by atoms with Crippen LogP contribution in [-0.2, 0) is 19.6 Å². The van der Waals surface area contributed by atoms with Crippen molar-refractivity contribution in [3.63, 3.8) is 0 Å². The molecule has 0 saturated heterocycles. The lowest BCUT2D eigenvalue weighted by Crippen LogP contribution is -2.29. The zero-order chi connectivity index (χ0) is 22.2. The van der Waals surface area contributed by atoms with Gasteiger partial charge in [0.05, 0.1) is 36.7 Å². The smallest absolute Gasteiger partial charge is 0.123 e. The van der Waals surface area contributed by atoms with E-state index >= 15 is 0 Å². The molecule has 6 nitrogen and oxygen atoms in total. The molecule has 0 spiro atoms. The molecular weight excluding hydrogens is 386 g/mol. The fourth-order valence-corrected chi connectivity index (χ4v) is 3.26. The molecule has 3 rings (SSSR count). The molecule has 0 radical (unpaired) electrons. The van der Waals surface area contributed by atoms with Gasteiger partial charge < -0.3 is 14.9 Å². The van der Waals surface area contributed by atoms with Crippen LogP contribution in [0.25, 0.3) is 0 Å². The molecule has 1 N–H and O–H groups in total. The van der Waals surface area contributed by atoms with E-state index in [4.69, 9.17) is 0 Å². The Morgan fingerprint density at radius 2 is 1.16 bits per heavy atom. The summed E-state index contributed by atoms with van der Waals surface area (Å²) in [4.78, 5) is 17.6. The second-order valence-corrected chi connectivity index (χ2v) is 7.81. The minimum atomic E-state index is -0.646. The highest BCUT2D eigenvalue weighted by atomic mass is 16.3. The molecule has 0 aliphatic heterocycles. The number of aliphatic hydroxyl groups excluding tert-OH is 1. The fraction of sp³-hybridized carbons (Fsp3) is 0.320. The van der Waals surface area contributed by atoms with Crippen LogP contribution in [0.1, 0.15) is 40.7 Å². The van der Waals surface area contributed by atoms with E-state index in [0.29, 0.717) is 19.6 Å². The van der Waals surface area contributed by atoms with E-state index in [-0.39, 0.29) is 0 Å². The zero-order valence-electron chi connectivity index (χ0n) is 18.7. The van der Waals surface area contributed by atoms with Gasteiger partial charge >= 0.3 is 0 Å². The Balaban J connectivity index is 1.84. The third-order valence-electron chi connectivity index (χ3n) is 5.34. The molecule has 162 valence electrons. The standard InChI is InChI=1S/C25H31N5O/c1-19-8-5-11-26-23(19)16-29(17-24-20(2)9-6-12-27-24)14-15-30(22(4)31)18-25-21(3)10-7-13-28-25/h5-15,22,31H,16-18H2,1-4H3/b15-14+. The number of aliphatic hydroxyl groups is 1. The average molecular weight is 418 g/mol. The molecule has 0 bridgehead atoms. The van der Waals surface area contributed by atoms with Crippen LogP contribution in [-0.4, -0.2) is 36.1 Å². The van der Waals surface area contributed by atoms with E-state index < -0.39 is 6.23 Å². The number of pyridine rings is 3. The second kappa shape index (κ2) is 10.7. The van der Waals surface area contributed by atoms with Gasteiger partial charge in [0.1, 0.15) is 6.23 Å². The minimum absolute atomic E-state index is 0.528. The first-order chi connectivity index (χ1) is 14.9. The largest absolute Gasteiger partial charge is 0.374 e. The van der Waals surface area contributed by atoms with Crippen LogP contribution >= 0.6 is 0 Å². The van der Waals surface area contributed by atoms with Gasteiger partial charge in [-0.15, -0.1) is 0 Å². The summed E-state index contributed by atoms with van der Waals surface area (Å²) in [5.41, 5.74) is 6.38. The van der Waals surface area contributed by atoms with Crippen LogP contribution in [0.5, 0.6) is 0 Å². The third-order valence-corrected chi connectivity index (χ3v) is 5.34. The highest BCUT2D eigenvalue weighted by Gasteiger charge is 2.12. The van der Waals surface area contributed by atoms with Crippen LogP contribution < -0.4 is 0 Å². The van der Waals surface area contributed by atoms with Crippen molar-refractivity contribution in [2.45, 2.75) is 53.6 Å². The summed E-state index contributed by atoms with van der Waals surface area (Å²) in [5.74, 6) is 0.